The molecule has 6 heteroatoms. The van der Waals surface area contributed by atoms with Gasteiger partial charge in [0.25, 0.3) is 0 Å². The van der Waals surface area contributed by atoms with Crippen LogP contribution in [0.1, 0.15) is 25.5 Å². The first-order chi connectivity index (χ1) is 13.1. The Hall–Kier alpha value is -1.38. The van der Waals surface area contributed by atoms with E-state index in [4.69, 9.17) is 4.99 Å². The summed E-state index contributed by atoms with van der Waals surface area (Å²) in [6.07, 6.45) is 0. The third-order valence-electron chi connectivity index (χ3n) is 5.41. The van der Waals surface area contributed by atoms with Crippen molar-refractivity contribution in [1.82, 2.24) is 20.4 Å². The van der Waals surface area contributed by atoms with Gasteiger partial charge in [0.1, 0.15) is 0 Å². The Labute approximate surface area is 186 Å². The standard InChI is InChI=1S/C22H33N5.HI/c1-5-23-22(24-15-21-16-26(3)12-13-27(21)4)25-17(2)19-11-10-18-8-6-7-9-20(18)14-19;/h6-11,14,17,21H,5,12-13,15-16H2,1-4H3,(H2,23,24,25);1H. The van der Waals surface area contributed by atoms with Crippen LogP contribution in [0, 0.1) is 0 Å². The van der Waals surface area contributed by atoms with Gasteiger partial charge in [-0.15, -0.1) is 24.0 Å². The van der Waals surface area contributed by atoms with Crippen molar-refractivity contribution in [2.24, 2.45) is 4.99 Å². The van der Waals surface area contributed by atoms with Crippen molar-refractivity contribution >= 4 is 40.7 Å². The lowest BCUT2D eigenvalue weighted by atomic mass is 10.0. The molecule has 28 heavy (non-hydrogen) atoms. The summed E-state index contributed by atoms with van der Waals surface area (Å²) in [7, 11) is 4.39. The van der Waals surface area contributed by atoms with Gasteiger partial charge >= 0.3 is 0 Å². The fourth-order valence-corrected chi connectivity index (χ4v) is 3.58. The number of fused-ring (bicyclic) bond motifs is 1. The molecule has 3 rings (SSSR count). The van der Waals surface area contributed by atoms with Crippen LogP contribution in [-0.2, 0) is 0 Å². The first-order valence-corrected chi connectivity index (χ1v) is 9.99. The molecule has 1 fully saturated rings. The maximum atomic E-state index is 4.88. The molecular formula is C22H34IN5. The lowest BCUT2D eigenvalue weighted by molar-refractivity contribution is 0.119. The SMILES string of the molecule is CCNC(=NCC1CN(C)CCN1C)NC(C)c1ccc2ccccc2c1.I. The molecule has 0 amide bonds. The van der Waals surface area contributed by atoms with E-state index in [1.165, 1.54) is 16.3 Å². The molecule has 0 spiro atoms. The van der Waals surface area contributed by atoms with Crippen molar-refractivity contribution in [1.29, 1.82) is 0 Å². The van der Waals surface area contributed by atoms with Gasteiger partial charge in [0.2, 0.25) is 0 Å². The van der Waals surface area contributed by atoms with Crippen LogP contribution in [0.15, 0.2) is 47.5 Å². The summed E-state index contributed by atoms with van der Waals surface area (Å²) < 4.78 is 0. The molecule has 0 aliphatic carbocycles. The van der Waals surface area contributed by atoms with Crippen molar-refractivity contribution in [2.45, 2.75) is 25.9 Å². The van der Waals surface area contributed by atoms with E-state index in [-0.39, 0.29) is 30.0 Å². The summed E-state index contributed by atoms with van der Waals surface area (Å²) >= 11 is 0. The molecule has 0 radical (unpaired) electrons. The fraction of sp³-hybridized carbons (Fsp3) is 0.500. The van der Waals surface area contributed by atoms with Crippen LogP contribution >= 0.6 is 24.0 Å². The maximum Gasteiger partial charge on any atom is 0.191 e. The summed E-state index contributed by atoms with van der Waals surface area (Å²) in [5, 5.41) is 9.52. The molecule has 2 N–H and O–H groups in total. The number of guanidine groups is 1. The van der Waals surface area contributed by atoms with E-state index in [9.17, 15) is 0 Å². The summed E-state index contributed by atoms with van der Waals surface area (Å²) in [5.74, 6) is 0.889. The summed E-state index contributed by atoms with van der Waals surface area (Å²) in [6.45, 7) is 9.27. The van der Waals surface area contributed by atoms with E-state index in [0.717, 1.165) is 38.7 Å². The molecule has 2 unspecified atom stereocenters. The largest absolute Gasteiger partial charge is 0.357 e. The van der Waals surface area contributed by atoms with E-state index >= 15 is 0 Å². The lowest BCUT2D eigenvalue weighted by Crippen LogP contribution is -2.51. The number of hydrogen-bond donors (Lipinski definition) is 2. The van der Waals surface area contributed by atoms with Gasteiger partial charge in [0.15, 0.2) is 5.96 Å². The molecule has 5 nitrogen and oxygen atoms in total. The monoisotopic (exact) mass is 495 g/mol. The Morgan fingerprint density at radius 1 is 1.14 bits per heavy atom. The van der Waals surface area contributed by atoms with Crippen LogP contribution in [0.4, 0.5) is 0 Å². The van der Waals surface area contributed by atoms with Crippen molar-refractivity contribution in [2.75, 3.05) is 46.8 Å². The van der Waals surface area contributed by atoms with Gasteiger partial charge in [-0.05, 0) is 50.3 Å². The molecular weight excluding hydrogens is 461 g/mol. The van der Waals surface area contributed by atoms with Crippen LogP contribution in [0.2, 0.25) is 0 Å². The second-order valence-electron chi connectivity index (χ2n) is 7.59. The number of benzene rings is 2. The number of nitrogens with one attached hydrogen (secondary N) is 2. The zero-order valence-electron chi connectivity index (χ0n) is 17.5. The number of aliphatic imine (C=N–C) groups is 1. The Kier molecular flexibility index (Phi) is 8.98. The van der Waals surface area contributed by atoms with Crippen molar-refractivity contribution in [3.63, 3.8) is 0 Å². The Balaban J connectivity index is 0.00000280. The quantitative estimate of drug-likeness (QED) is 0.380. The van der Waals surface area contributed by atoms with Gasteiger partial charge in [-0.25, -0.2) is 0 Å². The zero-order valence-corrected chi connectivity index (χ0v) is 19.8. The molecule has 1 aliphatic rings. The number of hydrogen-bond acceptors (Lipinski definition) is 3. The molecule has 0 aromatic heterocycles. The molecule has 2 aromatic rings. The normalized spacial score (nSPS) is 19.9. The van der Waals surface area contributed by atoms with Crippen molar-refractivity contribution < 1.29 is 0 Å². The number of piperazine rings is 1. The molecule has 0 bridgehead atoms. The van der Waals surface area contributed by atoms with E-state index in [1.54, 1.807) is 0 Å². The number of likely N-dealkylation sites (N-methyl/N-ethyl adjacent to an activating group) is 2. The first kappa shape index (κ1) is 22.9. The lowest BCUT2D eigenvalue weighted by Gasteiger charge is -2.37. The van der Waals surface area contributed by atoms with Gasteiger partial charge in [-0.3, -0.25) is 9.89 Å². The van der Waals surface area contributed by atoms with Crippen LogP contribution in [-0.4, -0.2) is 68.6 Å². The summed E-state index contributed by atoms with van der Waals surface area (Å²) in [6, 6.07) is 15.8. The third-order valence-corrected chi connectivity index (χ3v) is 5.41. The van der Waals surface area contributed by atoms with E-state index in [0.29, 0.717) is 6.04 Å². The third kappa shape index (κ3) is 6.06. The average molecular weight is 495 g/mol. The van der Waals surface area contributed by atoms with E-state index in [1.807, 2.05) is 0 Å². The number of halogens is 1. The van der Waals surface area contributed by atoms with Crippen molar-refractivity contribution in [3.8, 4) is 0 Å². The topological polar surface area (TPSA) is 42.9 Å². The molecule has 1 heterocycles. The summed E-state index contributed by atoms with van der Waals surface area (Å²) in [5.41, 5.74) is 1.27. The predicted octanol–water partition coefficient (Wildman–Crippen LogP) is 3.32. The molecule has 1 saturated heterocycles. The van der Waals surface area contributed by atoms with Crippen LogP contribution in [0.5, 0.6) is 0 Å². The zero-order chi connectivity index (χ0) is 19.2. The highest BCUT2D eigenvalue weighted by Crippen LogP contribution is 2.20. The minimum atomic E-state index is 0. The van der Waals surface area contributed by atoms with Gasteiger partial charge in [0, 0.05) is 32.2 Å². The van der Waals surface area contributed by atoms with Crippen LogP contribution in [0.25, 0.3) is 10.8 Å². The fourth-order valence-electron chi connectivity index (χ4n) is 3.58. The van der Waals surface area contributed by atoms with Gasteiger partial charge in [0.05, 0.1) is 12.6 Å². The molecule has 154 valence electrons. The first-order valence-electron chi connectivity index (χ1n) is 9.99. The Bertz CT molecular complexity index is 778. The van der Waals surface area contributed by atoms with Crippen LogP contribution < -0.4 is 10.6 Å². The molecule has 2 aromatic carbocycles. The average Bonchev–Trinajstić information content (AvgIpc) is 2.68. The summed E-state index contributed by atoms with van der Waals surface area (Å²) in [4.78, 5) is 9.68. The van der Waals surface area contributed by atoms with Crippen LogP contribution in [0.3, 0.4) is 0 Å². The van der Waals surface area contributed by atoms with E-state index < -0.39 is 0 Å². The predicted molar refractivity (Wildman–Crippen MR) is 131 cm³/mol. The van der Waals surface area contributed by atoms with Gasteiger partial charge in [-0.2, -0.15) is 0 Å². The highest BCUT2D eigenvalue weighted by molar-refractivity contribution is 14.0. The number of nitrogens with zero attached hydrogens (tertiary/aromatic N) is 3. The van der Waals surface area contributed by atoms with E-state index in [2.05, 4.69) is 90.8 Å². The minimum absolute atomic E-state index is 0. The smallest absolute Gasteiger partial charge is 0.191 e. The second kappa shape index (κ2) is 11.0. The molecule has 1 aliphatic heterocycles. The highest BCUT2D eigenvalue weighted by atomic mass is 127. The minimum Gasteiger partial charge on any atom is -0.357 e. The Morgan fingerprint density at radius 3 is 2.64 bits per heavy atom. The second-order valence-corrected chi connectivity index (χ2v) is 7.59. The maximum absolute atomic E-state index is 4.88. The highest BCUT2D eigenvalue weighted by Gasteiger charge is 2.21. The van der Waals surface area contributed by atoms with Gasteiger partial charge in [-0.1, -0.05) is 36.4 Å². The Morgan fingerprint density at radius 2 is 1.89 bits per heavy atom. The van der Waals surface area contributed by atoms with Gasteiger partial charge < -0.3 is 15.5 Å². The molecule has 2 atom stereocenters. The van der Waals surface area contributed by atoms with Crippen molar-refractivity contribution in [3.05, 3.63) is 48.0 Å². The molecule has 0 saturated carbocycles. The number of rotatable bonds is 5.